The molecular formula is C22H26N6O. The third kappa shape index (κ3) is 3.41. The van der Waals surface area contributed by atoms with E-state index in [9.17, 15) is 4.79 Å². The molecule has 1 amide bonds. The van der Waals surface area contributed by atoms with Gasteiger partial charge in [-0.15, -0.1) is 0 Å². The molecule has 0 saturated carbocycles. The van der Waals surface area contributed by atoms with Crippen LogP contribution in [-0.4, -0.2) is 63.3 Å². The first-order valence-electron chi connectivity index (χ1n) is 10.3. The highest BCUT2D eigenvalue weighted by Gasteiger charge is 2.32. The Morgan fingerprint density at radius 2 is 2.00 bits per heavy atom. The highest BCUT2D eigenvalue weighted by molar-refractivity contribution is 5.95. The van der Waals surface area contributed by atoms with Gasteiger partial charge in [0.2, 0.25) is 5.91 Å². The maximum atomic E-state index is 12.8. The topological polar surface area (TPSA) is 57.0 Å². The van der Waals surface area contributed by atoms with Crippen LogP contribution in [0.15, 0.2) is 48.8 Å². The Kier molecular flexibility index (Phi) is 4.77. The zero-order chi connectivity index (χ0) is 19.8. The normalized spacial score (nSPS) is 21.3. The van der Waals surface area contributed by atoms with Crippen molar-refractivity contribution < 1.29 is 4.79 Å². The number of likely N-dealkylation sites (N-methyl/N-ethyl adjacent to an activating group) is 1. The summed E-state index contributed by atoms with van der Waals surface area (Å²) < 4.78 is 2.06. The van der Waals surface area contributed by atoms with Gasteiger partial charge in [0, 0.05) is 32.0 Å². The van der Waals surface area contributed by atoms with Crippen molar-refractivity contribution in [2.45, 2.75) is 25.4 Å². The summed E-state index contributed by atoms with van der Waals surface area (Å²) in [4.78, 5) is 28.8. The fourth-order valence-corrected chi connectivity index (χ4v) is 4.55. The van der Waals surface area contributed by atoms with Gasteiger partial charge >= 0.3 is 0 Å². The molecule has 0 N–H and O–H groups in total. The number of rotatable bonds is 4. The summed E-state index contributed by atoms with van der Waals surface area (Å²) in [6.07, 6.45) is 6.13. The minimum atomic E-state index is 0.133. The fourth-order valence-electron chi connectivity index (χ4n) is 4.55. The molecule has 3 aromatic heterocycles. The van der Waals surface area contributed by atoms with Crippen molar-refractivity contribution in [1.29, 1.82) is 0 Å². The van der Waals surface area contributed by atoms with Crippen LogP contribution >= 0.6 is 0 Å². The van der Waals surface area contributed by atoms with E-state index in [-0.39, 0.29) is 5.91 Å². The van der Waals surface area contributed by atoms with Gasteiger partial charge in [-0.25, -0.2) is 4.98 Å². The SMILES string of the molecule is CN1CCN(c2c(CN3CCCC3c3ccccn3)nc3ccccn23)C(=O)C1. The molecule has 0 radical (unpaired) electrons. The van der Waals surface area contributed by atoms with Crippen LogP contribution in [0.1, 0.15) is 30.3 Å². The second-order valence-electron chi connectivity index (χ2n) is 7.98. The molecule has 7 nitrogen and oxygen atoms in total. The van der Waals surface area contributed by atoms with E-state index in [2.05, 4.69) is 31.3 Å². The zero-order valence-corrected chi connectivity index (χ0v) is 16.7. The quantitative estimate of drug-likeness (QED) is 0.684. The summed E-state index contributed by atoms with van der Waals surface area (Å²) >= 11 is 0. The highest BCUT2D eigenvalue weighted by Crippen LogP contribution is 2.34. The van der Waals surface area contributed by atoms with E-state index in [0.717, 1.165) is 55.3 Å². The average molecular weight is 390 g/mol. The van der Waals surface area contributed by atoms with Crippen molar-refractivity contribution in [2.24, 2.45) is 0 Å². The average Bonchev–Trinajstić information content (AvgIpc) is 3.33. The van der Waals surface area contributed by atoms with Gasteiger partial charge in [-0.3, -0.25) is 28.9 Å². The lowest BCUT2D eigenvalue weighted by Crippen LogP contribution is -2.49. The number of pyridine rings is 2. The van der Waals surface area contributed by atoms with Crippen LogP contribution in [0.25, 0.3) is 5.65 Å². The molecule has 0 aliphatic carbocycles. The van der Waals surface area contributed by atoms with Crippen molar-refractivity contribution in [3.05, 3.63) is 60.2 Å². The molecule has 0 aromatic carbocycles. The third-order valence-corrected chi connectivity index (χ3v) is 5.99. The van der Waals surface area contributed by atoms with Crippen molar-refractivity contribution in [2.75, 3.05) is 38.1 Å². The van der Waals surface area contributed by atoms with Gasteiger partial charge in [-0.2, -0.15) is 0 Å². The molecule has 2 aliphatic heterocycles. The number of fused-ring (bicyclic) bond motifs is 1. The molecule has 1 unspecified atom stereocenters. The molecule has 0 bridgehead atoms. The van der Waals surface area contributed by atoms with Crippen molar-refractivity contribution >= 4 is 17.4 Å². The smallest absolute Gasteiger partial charge is 0.242 e. The summed E-state index contributed by atoms with van der Waals surface area (Å²) in [5.41, 5.74) is 2.97. The Morgan fingerprint density at radius 1 is 1.10 bits per heavy atom. The van der Waals surface area contributed by atoms with Gasteiger partial charge in [-0.1, -0.05) is 12.1 Å². The van der Waals surface area contributed by atoms with Crippen molar-refractivity contribution in [3.8, 4) is 0 Å². The summed E-state index contributed by atoms with van der Waals surface area (Å²) in [7, 11) is 1.99. The first kappa shape index (κ1) is 18.3. The van der Waals surface area contributed by atoms with E-state index >= 15 is 0 Å². The van der Waals surface area contributed by atoms with Crippen LogP contribution in [0.4, 0.5) is 5.82 Å². The molecule has 2 fully saturated rings. The molecule has 3 aromatic rings. The molecule has 29 heavy (non-hydrogen) atoms. The van der Waals surface area contributed by atoms with E-state index < -0.39 is 0 Å². The number of carbonyl (C=O) groups excluding carboxylic acids is 1. The summed E-state index contributed by atoms with van der Waals surface area (Å²) in [5.74, 6) is 1.05. The zero-order valence-electron chi connectivity index (χ0n) is 16.7. The van der Waals surface area contributed by atoms with Gasteiger partial charge in [-0.05, 0) is 50.7 Å². The Bertz CT molecular complexity index is 1020. The molecule has 1 atom stereocenters. The van der Waals surface area contributed by atoms with Gasteiger partial charge in [0.05, 0.1) is 24.0 Å². The number of aromatic nitrogens is 3. The fraction of sp³-hybridized carbons (Fsp3) is 0.409. The van der Waals surface area contributed by atoms with E-state index in [4.69, 9.17) is 4.98 Å². The first-order valence-corrected chi connectivity index (χ1v) is 10.3. The number of hydrogen-bond acceptors (Lipinski definition) is 5. The van der Waals surface area contributed by atoms with E-state index in [0.29, 0.717) is 19.1 Å². The lowest BCUT2D eigenvalue weighted by atomic mass is 10.1. The summed E-state index contributed by atoms with van der Waals surface area (Å²) in [5, 5.41) is 0. The largest absolute Gasteiger partial charge is 0.296 e. The monoisotopic (exact) mass is 390 g/mol. The first-order chi connectivity index (χ1) is 14.2. The molecule has 2 saturated heterocycles. The van der Waals surface area contributed by atoms with Gasteiger partial charge in [0.1, 0.15) is 11.5 Å². The van der Waals surface area contributed by atoms with Crippen LogP contribution in [0.3, 0.4) is 0 Å². The maximum absolute atomic E-state index is 12.8. The van der Waals surface area contributed by atoms with Gasteiger partial charge < -0.3 is 0 Å². The van der Waals surface area contributed by atoms with Crippen LogP contribution in [0.2, 0.25) is 0 Å². The van der Waals surface area contributed by atoms with Gasteiger partial charge in [0.15, 0.2) is 0 Å². The molecular weight excluding hydrogens is 364 g/mol. The second-order valence-corrected chi connectivity index (χ2v) is 7.98. The number of imidazole rings is 1. The van der Waals surface area contributed by atoms with Crippen LogP contribution in [0, 0.1) is 0 Å². The van der Waals surface area contributed by atoms with E-state index in [1.807, 2.05) is 48.6 Å². The lowest BCUT2D eigenvalue weighted by Gasteiger charge is -2.32. The highest BCUT2D eigenvalue weighted by atomic mass is 16.2. The summed E-state index contributed by atoms with van der Waals surface area (Å²) in [6.45, 7) is 3.74. The molecule has 7 heteroatoms. The number of hydrogen-bond donors (Lipinski definition) is 0. The molecule has 5 heterocycles. The predicted octanol–water partition coefficient (Wildman–Crippen LogP) is 2.34. The van der Waals surface area contributed by atoms with Crippen LogP contribution in [0.5, 0.6) is 0 Å². The lowest BCUT2D eigenvalue weighted by molar-refractivity contribution is -0.120. The number of amides is 1. The van der Waals surface area contributed by atoms with Crippen LogP contribution in [-0.2, 0) is 11.3 Å². The van der Waals surface area contributed by atoms with Crippen molar-refractivity contribution in [1.82, 2.24) is 24.2 Å². The van der Waals surface area contributed by atoms with E-state index in [1.54, 1.807) is 0 Å². The standard InChI is InChI=1S/C22H26N6O/c1-25-13-14-28(21(29)16-25)22-18(24-20-9-3-5-12-27(20)22)15-26-11-6-8-19(26)17-7-2-4-10-23-17/h2-5,7,9-10,12,19H,6,8,11,13-16H2,1H3. The minimum absolute atomic E-state index is 0.133. The summed E-state index contributed by atoms with van der Waals surface area (Å²) in [6, 6.07) is 12.4. The van der Waals surface area contributed by atoms with Crippen molar-refractivity contribution in [3.63, 3.8) is 0 Å². The predicted molar refractivity (Wildman–Crippen MR) is 112 cm³/mol. The number of carbonyl (C=O) groups is 1. The third-order valence-electron chi connectivity index (χ3n) is 5.99. The number of nitrogens with zero attached hydrogens (tertiary/aromatic N) is 6. The number of anilines is 1. The molecule has 2 aliphatic rings. The second kappa shape index (κ2) is 7.57. The molecule has 5 rings (SSSR count). The molecule has 0 spiro atoms. The maximum Gasteiger partial charge on any atom is 0.242 e. The number of piperazine rings is 1. The Labute approximate surface area is 170 Å². The minimum Gasteiger partial charge on any atom is -0.296 e. The van der Waals surface area contributed by atoms with Crippen LogP contribution < -0.4 is 4.90 Å². The Balaban J connectivity index is 1.51. The Hall–Kier alpha value is -2.77. The van der Waals surface area contributed by atoms with Gasteiger partial charge in [0.25, 0.3) is 0 Å². The Morgan fingerprint density at radius 3 is 2.83 bits per heavy atom. The number of likely N-dealkylation sites (tertiary alicyclic amines) is 1. The molecule has 150 valence electrons. The van der Waals surface area contributed by atoms with E-state index in [1.165, 1.54) is 0 Å².